The number of hydrogen-bond donors (Lipinski definition) is 0. The lowest BCUT2D eigenvalue weighted by molar-refractivity contribution is -0.140. The van der Waals surface area contributed by atoms with E-state index in [0.717, 1.165) is 57.8 Å². The van der Waals surface area contributed by atoms with Gasteiger partial charge in [0, 0.05) is 44.2 Å². The lowest BCUT2D eigenvalue weighted by atomic mass is 9.84. The maximum absolute atomic E-state index is 13.2. The van der Waals surface area contributed by atoms with Crippen molar-refractivity contribution in [2.75, 3.05) is 26.2 Å². The van der Waals surface area contributed by atoms with Crippen molar-refractivity contribution in [3.05, 3.63) is 0 Å². The van der Waals surface area contributed by atoms with E-state index in [1.54, 1.807) is 0 Å². The molecule has 4 aliphatic rings. The molecule has 1 saturated carbocycles. The molecule has 0 bridgehead atoms. The van der Waals surface area contributed by atoms with E-state index in [9.17, 15) is 9.59 Å². The second kappa shape index (κ2) is 7.16. The summed E-state index contributed by atoms with van der Waals surface area (Å²) in [6.07, 6.45) is 10.3. The number of carbonyl (C=O) groups is 2. The van der Waals surface area contributed by atoms with Crippen LogP contribution in [0.1, 0.15) is 64.7 Å². The third-order valence-electron chi connectivity index (χ3n) is 7.09. The Morgan fingerprint density at radius 2 is 1.44 bits per heavy atom. The standard InChI is InChI=1S/C20H33N3O2/c1-15-14-17-6-2-3-7-18(17)23(15)19(24)16-8-12-22(13-9-16)20(25)21-10-4-5-11-21/h15-18H,2-14H2,1H3/t15-,17+,18-/m1/s1. The van der Waals surface area contributed by atoms with Gasteiger partial charge in [-0.05, 0) is 57.8 Å². The SMILES string of the molecule is C[C@@H]1C[C@@H]2CCCC[C@H]2N1C(=O)C1CCN(C(=O)N2CCCC2)CC1. The number of hydrogen-bond acceptors (Lipinski definition) is 2. The van der Waals surface area contributed by atoms with E-state index in [2.05, 4.69) is 11.8 Å². The zero-order valence-corrected chi connectivity index (χ0v) is 15.7. The molecule has 0 radical (unpaired) electrons. The molecule has 1 aliphatic carbocycles. The number of urea groups is 1. The minimum Gasteiger partial charge on any atom is -0.336 e. The highest BCUT2D eigenvalue weighted by Crippen LogP contribution is 2.41. The van der Waals surface area contributed by atoms with Crippen molar-refractivity contribution in [2.24, 2.45) is 11.8 Å². The highest BCUT2D eigenvalue weighted by molar-refractivity contribution is 5.81. The van der Waals surface area contributed by atoms with Crippen molar-refractivity contribution < 1.29 is 9.59 Å². The van der Waals surface area contributed by atoms with Gasteiger partial charge in [0.1, 0.15) is 0 Å². The van der Waals surface area contributed by atoms with Gasteiger partial charge in [-0.15, -0.1) is 0 Å². The Kier molecular flexibility index (Phi) is 4.92. The van der Waals surface area contributed by atoms with Crippen LogP contribution in [0.2, 0.25) is 0 Å². The Bertz CT molecular complexity index is 509. The Hall–Kier alpha value is -1.26. The van der Waals surface area contributed by atoms with Crippen molar-refractivity contribution >= 4 is 11.9 Å². The van der Waals surface area contributed by atoms with E-state index in [0.29, 0.717) is 18.0 Å². The molecule has 0 unspecified atom stereocenters. The fourth-order valence-corrected chi connectivity index (χ4v) is 5.73. The largest absolute Gasteiger partial charge is 0.336 e. The van der Waals surface area contributed by atoms with Gasteiger partial charge in [-0.25, -0.2) is 4.79 Å². The molecule has 5 nitrogen and oxygen atoms in total. The summed E-state index contributed by atoms with van der Waals surface area (Å²) < 4.78 is 0. The lowest BCUT2D eigenvalue weighted by Gasteiger charge is -2.39. The van der Waals surface area contributed by atoms with Crippen molar-refractivity contribution in [3.63, 3.8) is 0 Å². The topological polar surface area (TPSA) is 43.9 Å². The molecule has 3 atom stereocenters. The summed E-state index contributed by atoms with van der Waals surface area (Å²) in [5.41, 5.74) is 0. The third-order valence-corrected chi connectivity index (χ3v) is 7.09. The molecule has 3 aliphatic heterocycles. The van der Waals surface area contributed by atoms with Gasteiger partial charge < -0.3 is 14.7 Å². The first-order valence-corrected chi connectivity index (χ1v) is 10.5. The number of amides is 3. The number of likely N-dealkylation sites (tertiary alicyclic amines) is 3. The fourth-order valence-electron chi connectivity index (χ4n) is 5.73. The van der Waals surface area contributed by atoms with Gasteiger partial charge in [-0.1, -0.05) is 12.8 Å². The van der Waals surface area contributed by atoms with Gasteiger partial charge in [0.25, 0.3) is 0 Å². The summed E-state index contributed by atoms with van der Waals surface area (Å²) in [6, 6.07) is 1.11. The van der Waals surface area contributed by atoms with E-state index in [1.807, 2.05) is 9.80 Å². The Morgan fingerprint density at radius 3 is 2.16 bits per heavy atom. The van der Waals surface area contributed by atoms with Crippen molar-refractivity contribution in [1.82, 2.24) is 14.7 Å². The predicted octanol–water partition coefficient (Wildman–Crippen LogP) is 3.09. The molecule has 3 amide bonds. The van der Waals surface area contributed by atoms with Crippen molar-refractivity contribution in [3.8, 4) is 0 Å². The smallest absolute Gasteiger partial charge is 0.319 e. The molecule has 25 heavy (non-hydrogen) atoms. The second-order valence-electron chi connectivity index (χ2n) is 8.68. The molecule has 0 N–H and O–H groups in total. The van der Waals surface area contributed by atoms with E-state index in [1.165, 1.54) is 32.1 Å². The summed E-state index contributed by atoms with van der Waals surface area (Å²) in [7, 11) is 0. The van der Waals surface area contributed by atoms with Gasteiger partial charge in [0.05, 0.1) is 0 Å². The number of fused-ring (bicyclic) bond motifs is 1. The van der Waals surface area contributed by atoms with Crippen LogP contribution in [0.25, 0.3) is 0 Å². The molecule has 3 saturated heterocycles. The van der Waals surface area contributed by atoms with Crippen molar-refractivity contribution in [2.45, 2.75) is 76.8 Å². The summed E-state index contributed by atoms with van der Waals surface area (Å²) in [6.45, 7) is 5.56. The van der Waals surface area contributed by atoms with E-state index >= 15 is 0 Å². The first-order valence-electron chi connectivity index (χ1n) is 10.5. The highest BCUT2D eigenvalue weighted by Gasteiger charge is 2.44. The molecule has 140 valence electrons. The molecule has 4 fully saturated rings. The summed E-state index contributed by atoms with van der Waals surface area (Å²) >= 11 is 0. The molecule has 0 aromatic heterocycles. The normalized spacial score (nSPS) is 33.6. The molecular weight excluding hydrogens is 314 g/mol. The predicted molar refractivity (Wildman–Crippen MR) is 97.2 cm³/mol. The van der Waals surface area contributed by atoms with Crippen LogP contribution in [0.15, 0.2) is 0 Å². The van der Waals surface area contributed by atoms with Crippen LogP contribution in [-0.2, 0) is 4.79 Å². The first-order chi connectivity index (χ1) is 12.1. The van der Waals surface area contributed by atoms with E-state index in [4.69, 9.17) is 0 Å². The maximum atomic E-state index is 13.2. The van der Waals surface area contributed by atoms with Gasteiger partial charge in [0.15, 0.2) is 0 Å². The average Bonchev–Trinajstić information content (AvgIpc) is 3.27. The zero-order valence-electron chi connectivity index (χ0n) is 15.7. The molecule has 0 aromatic rings. The monoisotopic (exact) mass is 347 g/mol. The van der Waals surface area contributed by atoms with E-state index in [-0.39, 0.29) is 11.9 Å². The molecule has 5 heteroatoms. The Labute approximate surface area is 151 Å². The number of nitrogens with zero attached hydrogens (tertiary/aromatic N) is 3. The Balaban J connectivity index is 1.34. The van der Waals surface area contributed by atoms with Crippen molar-refractivity contribution in [1.29, 1.82) is 0 Å². The molecule has 4 rings (SSSR count). The molecular formula is C20H33N3O2. The van der Waals surface area contributed by atoms with Gasteiger partial charge >= 0.3 is 6.03 Å². The minimum absolute atomic E-state index is 0.130. The van der Waals surface area contributed by atoms with Crippen LogP contribution in [0.3, 0.4) is 0 Å². The third kappa shape index (κ3) is 3.26. The number of piperidine rings is 1. The summed E-state index contributed by atoms with van der Waals surface area (Å²) in [4.78, 5) is 32.0. The lowest BCUT2D eigenvalue weighted by Crippen LogP contribution is -2.50. The Morgan fingerprint density at radius 1 is 0.800 bits per heavy atom. The highest BCUT2D eigenvalue weighted by atomic mass is 16.2. The fraction of sp³-hybridized carbons (Fsp3) is 0.900. The van der Waals surface area contributed by atoms with Crippen LogP contribution in [-0.4, -0.2) is 64.9 Å². The van der Waals surface area contributed by atoms with Crippen LogP contribution in [0.4, 0.5) is 4.79 Å². The second-order valence-corrected chi connectivity index (χ2v) is 8.68. The first kappa shape index (κ1) is 17.2. The van der Waals surface area contributed by atoms with Crippen LogP contribution < -0.4 is 0 Å². The minimum atomic E-state index is 0.130. The van der Waals surface area contributed by atoms with Gasteiger partial charge in [-0.2, -0.15) is 0 Å². The molecule has 0 spiro atoms. The zero-order chi connectivity index (χ0) is 17.4. The van der Waals surface area contributed by atoms with Gasteiger partial charge in [-0.3, -0.25) is 4.79 Å². The summed E-state index contributed by atoms with van der Waals surface area (Å²) in [5.74, 6) is 1.26. The average molecular weight is 348 g/mol. The summed E-state index contributed by atoms with van der Waals surface area (Å²) in [5, 5.41) is 0. The van der Waals surface area contributed by atoms with Crippen LogP contribution in [0.5, 0.6) is 0 Å². The molecule has 0 aromatic carbocycles. The molecule has 3 heterocycles. The van der Waals surface area contributed by atoms with Gasteiger partial charge in [0.2, 0.25) is 5.91 Å². The van der Waals surface area contributed by atoms with Crippen LogP contribution in [0, 0.1) is 11.8 Å². The maximum Gasteiger partial charge on any atom is 0.319 e. The number of rotatable bonds is 1. The van der Waals surface area contributed by atoms with E-state index < -0.39 is 0 Å². The number of carbonyl (C=O) groups excluding carboxylic acids is 2. The van der Waals surface area contributed by atoms with Crippen LogP contribution >= 0.6 is 0 Å². The quantitative estimate of drug-likeness (QED) is 0.731.